The van der Waals surface area contributed by atoms with Crippen LogP contribution in [-0.2, 0) is 6.54 Å². The molecule has 1 saturated carbocycles. The summed E-state index contributed by atoms with van der Waals surface area (Å²) in [4.78, 5) is 2.67. The van der Waals surface area contributed by atoms with Gasteiger partial charge in [0.2, 0.25) is 0 Å². The van der Waals surface area contributed by atoms with E-state index in [0.717, 1.165) is 30.9 Å². The van der Waals surface area contributed by atoms with Crippen molar-refractivity contribution < 1.29 is 4.74 Å². The standard InChI is InChI=1S/C16H24N2O/c1-19-14-8-6-13(7-9-14)12-18-11-10-17-15-4-2-3-5-16(15)18/h6-9,15-17H,2-5,10-12H2,1H3/t15-,16+/m1/s1. The number of nitrogens with zero attached hydrogens (tertiary/aromatic N) is 1. The highest BCUT2D eigenvalue weighted by Gasteiger charge is 2.32. The summed E-state index contributed by atoms with van der Waals surface area (Å²) < 4.78 is 5.22. The van der Waals surface area contributed by atoms with Crippen molar-refractivity contribution in [3.05, 3.63) is 29.8 Å². The van der Waals surface area contributed by atoms with Crippen LogP contribution in [0.25, 0.3) is 0 Å². The molecule has 1 heterocycles. The van der Waals surface area contributed by atoms with Crippen LogP contribution in [0.5, 0.6) is 5.75 Å². The molecule has 1 aliphatic heterocycles. The number of hydrogen-bond acceptors (Lipinski definition) is 3. The second-order valence-corrected chi connectivity index (χ2v) is 5.73. The lowest BCUT2D eigenvalue weighted by Crippen LogP contribution is -2.58. The molecule has 3 rings (SSSR count). The summed E-state index contributed by atoms with van der Waals surface area (Å²) in [5.41, 5.74) is 1.40. The van der Waals surface area contributed by atoms with E-state index in [2.05, 4.69) is 34.5 Å². The molecule has 0 radical (unpaired) electrons. The highest BCUT2D eigenvalue weighted by atomic mass is 16.5. The maximum absolute atomic E-state index is 5.22. The van der Waals surface area contributed by atoms with Crippen LogP contribution >= 0.6 is 0 Å². The highest BCUT2D eigenvalue weighted by Crippen LogP contribution is 2.26. The second-order valence-electron chi connectivity index (χ2n) is 5.73. The van der Waals surface area contributed by atoms with Crippen LogP contribution in [0.2, 0.25) is 0 Å². The Bertz CT molecular complexity index is 402. The van der Waals surface area contributed by atoms with E-state index >= 15 is 0 Å². The molecule has 0 amide bonds. The Balaban J connectivity index is 1.66. The van der Waals surface area contributed by atoms with Crippen molar-refractivity contribution in [1.82, 2.24) is 10.2 Å². The van der Waals surface area contributed by atoms with Crippen LogP contribution in [0.3, 0.4) is 0 Å². The summed E-state index contributed by atoms with van der Waals surface area (Å²) in [7, 11) is 1.72. The molecule has 2 fully saturated rings. The van der Waals surface area contributed by atoms with Gasteiger partial charge < -0.3 is 10.1 Å². The second kappa shape index (κ2) is 5.93. The van der Waals surface area contributed by atoms with Gasteiger partial charge in [-0.1, -0.05) is 25.0 Å². The molecule has 0 spiro atoms. The van der Waals surface area contributed by atoms with Gasteiger partial charge in [-0.05, 0) is 30.5 Å². The third kappa shape index (κ3) is 2.93. The van der Waals surface area contributed by atoms with E-state index in [4.69, 9.17) is 4.74 Å². The largest absolute Gasteiger partial charge is 0.497 e. The van der Waals surface area contributed by atoms with Crippen molar-refractivity contribution in [2.24, 2.45) is 0 Å². The molecule has 1 aliphatic carbocycles. The van der Waals surface area contributed by atoms with E-state index in [1.165, 1.54) is 37.8 Å². The van der Waals surface area contributed by atoms with Gasteiger partial charge in [0, 0.05) is 31.7 Å². The quantitative estimate of drug-likeness (QED) is 0.903. The Morgan fingerprint density at radius 3 is 2.79 bits per heavy atom. The number of hydrogen-bond donors (Lipinski definition) is 1. The van der Waals surface area contributed by atoms with Gasteiger partial charge in [-0.3, -0.25) is 4.90 Å². The number of nitrogens with one attached hydrogen (secondary N) is 1. The maximum Gasteiger partial charge on any atom is 0.118 e. The number of ether oxygens (including phenoxy) is 1. The monoisotopic (exact) mass is 260 g/mol. The van der Waals surface area contributed by atoms with E-state index in [0.29, 0.717) is 0 Å². The van der Waals surface area contributed by atoms with Gasteiger partial charge in [-0.2, -0.15) is 0 Å². The lowest BCUT2D eigenvalue weighted by Gasteiger charge is -2.44. The van der Waals surface area contributed by atoms with Gasteiger partial charge in [0.25, 0.3) is 0 Å². The summed E-state index contributed by atoms with van der Waals surface area (Å²) in [5.74, 6) is 0.944. The zero-order valence-electron chi connectivity index (χ0n) is 11.8. The zero-order valence-corrected chi connectivity index (χ0v) is 11.8. The van der Waals surface area contributed by atoms with Gasteiger partial charge in [0.15, 0.2) is 0 Å². The minimum atomic E-state index is 0.723. The highest BCUT2D eigenvalue weighted by molar-refractivity contribution is 5.27. The van der Waals surface area contributed by atoms with Crippen molar-refractivity contribution in [3.8, 4) is 5.75 Å². The first kappa shape index (κ1) is 12.9. The lowest BCUT2D eigenvalue weighted by atomic mass is 9.87. The molecule has 1 N–H and O–H groups in total. The van der Waals surface area contributed by atoms with Crippen molar-refractivity contribution in [3.63, 3.8) is 0 Å². The van der Waals surface area contributed by atoms with Crippen LogP contribution in [0, 0.1) is 0 Å². The van der Waals surface area contributed by atoms with E-state index in [-0.39, 0.29) is 0 Å². The van der Waals surface area contributed by atoms with Crippen molar-refractivity contribution in [2.45, 2.75) is 44.3 Å². The first-order chi connectivity index (χ1) is 9.36. The molecule has 1 saturated heterocycles. The molecule has 19 heavy (non-hydrogen) atoms. The van der Waals surface area contributed by atoms with Crippen molar-refractivity contribution in [1.29, 1.82) is 0 Å². The van der Waals surface area contributed by atoms with Crippen LogP contribution in [0.15, 0.2) is 24.3 Å². The Morgan fingerprint density at radius 2 is 2.00 bits per heavy atom. The summed E-state index contributed by atoms with van der Waals surface area (Å²) in [6.07, 6.45) is 5.49. The number of rotatable bonds is 3. The topological polar surface area (TPSA) is 24.5 Å². The molecule has 2 aliphatic rings. The molecule has 0 unspecified atom stereocenters. The lowest BCUT2D eigenvalue weighted by molar-refractivity contribution is 0.0815. The number of methoxy groups -OCH3 is 1. The smallest absolute Gasteiger partial charge is 0.118 e. The normalized spacial score (nSPS) is 27.8. The van der Waals surface area contributed by atoms with Crippen molar-refractivity contribution in [2.75, 3.05) is 20.2 Å². The number of piperazine rings is 1. The predicted molar refractivity (Wildman–Crippen MR) is 77.5 cm³/mol. The predicted octanol–water partition coefficient (Wildman–Crippen LogP) is 2.41. The zero-order chi connectivity index (χ0) is 13.1. The molecule has 0 aromatic heterocycles. The molecule has 0 bridgehead atoms. The molecule has 3 nitrogen and oxygen atoms in total. The minimum absolute atomic E-state index is 0.723. The van der Waals surface area contributed by atoms with Crippen LogP contribution < -0.4 is 10.1 Å². The fourth-order valence-corrected chi connectivity index (χ4v) is 3.51. The average molecular weight is 260 g/mol. The van der Waals surface area contributed by atoms with E-state index in [1.54, 1.807) is 7.11 Å². The summed E-state index contributed by atoms with van der Waals surface area (Å²) in [6.45, 7) is 3.39. The SMILES string of the molecule is COc1ccc(CN2CCN[C@@H]3CCCC[C@@H]32)cc1. The Labute approximate surface area is 115 Å². The average Bonchev–Trinajstić information content (AvgIpc) is 2.48. The van der Waals surface area contributed by atoms with E-state index in [9.17, 15) is 0 Å². The van der Waals surface area contributed by atoms with E-state index in [1.807, 2.05) is 0 Å². The van der Waals surface area contributed by atoms with Crippen LogP contribution in [-0.4, -0.2) is 37.2 Å². The van der Waals surface area contributed by atoms with Gasteiger partial charge in [-0.15, -0.1) is 0 Å². The third-order valence-corrected chi connectivity index (χ3v) is 4.55. The fourth-order valence-electron chi connectivity index (χ4n) is 3.51. The van der Waals surface area contributed by atoms with Gasteiger partial charge in [0.05, 0.1) is 7.11 Å². The Morgan fingerprint density at radius 1 is 1.21 bits per heavy atom. The van der Waals surface area contributed by atoms with Crippen LogP contribution in [0.4, 0.5) is 0 Å². The molecule has 104 valence electrons. The molecule has 1 aromatic carbocycles. The van der Waals surface area contributed by atoms with Crippen molar-refractivity contribution >= 4 is 0 Å². The fraction of sp³-hybridized carbons (Fsp3) is 0.625. The Kier molecular flexibility index (Phi) is 4.04. The molecule has 2 atom stereocenters. The Hall–Kier alpha value is -1.06. The van der Waals surface area contributed by atoms with Gasteiger partial charge in [-0.25, -0.2) is 0 Å². The summed E-state index contributed by atoms with van der Waals surface area (Å²) in [5, 5.41) is 3.69. The third-order valence-electron chi connectivity index (χ3n) is 4.55. The summed E-state index contributed by atoms with van der Waals surface area (Å²) in [6, 6.07) is 9.98. The number of benzene rings is 1. The van der Waals surface area contributed by atoms with Gasteiger partial charge in [0.1, 0.15) is 5.75 Å². The first-order valence-corrected chi connectivity index (χ1v) is 7.47. The first-order valence-electron chi connectivity index (χ1n) is 7.47. The number of fused-ring (bicyclic) bond motifs is 1. The van der Waals surface area contributed by atoms with Gasteiger partial charge >= 0.3 is 0 Å². The summed E-state index contributed by atoms with van der Waals surface area (Å²) >= 11 is 0. The molecule has 3 heteroatoms. The minimum Gasteiger partial charge on any atom is -0.497 e. The van der Waals surface area contributed by atoms with E-state index < -0.39 is 0 Å². The van der Waals surface area contributed by atoms with Crippen LogP contribution in [0.1, 0.15) is 31.2 Å². The maximum atomic E-state index is 5.22. The molecular formula is C16H24N2O. The molecule has 1 aromatic rings. The molecular weight excluding hydrogens is 236 g/mol.